The Balaban J connectivity index is 3.12. The summed E-state index contributed by atoms with van der Waals surface area (Å²) in [5, 5.41) is 20.2. The fraction of sp³-hybridized carbons (Fsp3) is 0.222. The van der Waals surface area contributed by atoms with Crippen molar-refractivity contribution < 1.29 is 28.0 Å². The topological polar surface area (TPSA) is 136 Å². The Kier molecular flexibility index (Phi) is 4.27. The van der Waals surface area contributed by atoms with E-state index < -0.39 is 43.8 Å². The van der Waals surface area contributed by atoms with Gasteiger partial charge in [-0.05, 0) is 6.07 Å². The van der Waals surface area contributed by atoms with Crippen molar-refractivity contribution in [3.05, 3.63) is 28.3 Å². The molecule has 0 bridgehead atoms. The Hall–Kier alpha value is -2.36. The predicted molar refractivity (Wildman–Crippen MR) is 64.2 cm³/mol. The molecule has 2 N–H and O–H groups in total. The molecule has 0 saturated heterocycles. The van der Waals surface area contributed by atoms with Crippen LogP contribution in [0.5, 0.6) is 5.75 Å². The largest absolute Gasteiger partial charge is 0.505 e. The summed E-state index contributed by atoms with van der Waals surface area (Å²) in [4.78, 5) is 20.7. The maximum Gasteiger partial charge on any atom is 0.322 e. The van der Waals surface area contributed by atoms with Crippen molar-refractivity contribution >= 4 is 27.4 Å². The number of nitro benzene ring substituents is 1. The number of benzene rings is 1. The van der Waals surface area contributed by atoms with Gasteiger partial charge in [0.1, 0.15) is 5.75 Å². The number of hydrogen-bond acceptors (Lipinski definition) is 7. The van der Waals surface area contributed by atoms with E-state index in [0.717, 1.165) is 19.2 Å². The van der Waals surface area contributed by atoms with Gasteiger partial charge in [-0.2, -0.15) is 0 Å². The molecule has 0 aromatic heterocycles. The number of para-hydroxylation sites is 1. The van der Waals surface area contributed by atoms with Gasteiger partial charge < -0.3 is 9.84 Å². The Morgan fingerprint density at radius 3 is 2.68 bits per heavy atom. The molecule has 0 heterocycles. The van der Waals surface area contributed by atoms with Crippen molar-refractivity contribution in [3.8, 4) is 5.75 Å². The van der Waals surface area contributed by atoms with Crippen LogP contribution in [0.1, 0.15) is 0 Å². The average molecular weight is 290 g/mol. The number of esters is 1. The SMILES string of the molecule is COC(=O)CS(=O)(=O)Nc1c(O)cccc1[N+](=O)[O-]. The van der Waals surface area contributed by atoms with Crippen LogP contribution in [0.3, 0.4) is 0 Å². The van der Waals surface area contributed by atoms with E-state index in [1.165, 1.54) is 6.07 Å². The van der Waals surface area contributed by atoms with Crippen LogP contribution >= 0.6 is 0 Å². The van der Waals surface area contributed by atoms with Crippen molar-refractivity contribution in [1.29, 1.82) is 0 Å². The number of methoxy groups -OCH3 is 1. The van der Waals surface area contributed by atoms with Gasteiger partial charge in [0.05, 0.1) is 12.0 Å². The lowest BCUT2D eigenvalue weighted by molar-refractivity contribution is -0.383. The lowest BCUT2D eigenvalue weighted by atomic mass is 10.2. The Bertz CT molecular complexity index is 611. The highest BCUT2D eigenvalue weighted by Crippen LogP contribution is 2.33. The Morgan fingerprint density at radius 1 is 1.53 bits per heavy atom. The summed E-state index contributed by atoms with van der Waals surface area (Å²) in [7, 11) is -3.21. The van der Waals surface area contributed by atoms with Gasteiger partial charge in [0.2, 0.25) is 10.0 Å². The first kappa shape index (κ1) is 14.7. The summed E-state index contributed by atoms with van der Waals surface area (Å²) in [6.07, 6.45) is 0. The van der Waals surface area contributed by atoms with Crippen molar-refractivity contribution in [2.75, 3.05) is 17.6 Å². The second kappa shape index (κ2) is 5.52. The predicted octanol–water partition coefficient (Wildman–Crippen LogP) is 0.215. The normalized spacial score (nSPS) is 10.8. The zero-order valence-corrected chi connectivity index (χ0v) is 10.5. The molecule has 9 nitrogen and oxygen atoms in total. The molecular formula is C9H10N2O7S. The minimum absolute atomic E-state index is 0.601. The van der Waals surface area contributed by atoms with Gasteiger partial charge in [0, 0.05) is 6.07 Å². The molecule has 0 aliphatic heterocycles. The summed E-state index contributed by atoms with van der Waals surface area (Å²) >= 11 is 0. The van der Waals surface area contributed by atoms with Gasteiger partial charge in [-0.15, -0.1) is 0 Å². The van der Waals surface area contributed by atoms with E-state index in [0.29, 0.717) is 0 Å². The van der Waals surface area contributed by atoms with E-state index >= 15 is 0 Å². The molecule has 0 unspecified atom stereocenters. The zero-order valence-electron chi connectivity index (χ0n) is 9.69. The third-order valence-electron chi connectivity index (χ3n) is 2.01. The standard InChI is InChI=1S/C9H10N2O7S/c1-18-8(13)5-19(16,17)10-9-6(11(14)15)3-2-4-7(9)12/h2-4,10,12H,5H2,1H3. The van der Waals surface area contributed by atoms with Gasteiger partial charge in [0.25, 0.3) is 5.69 Å². The average Bonchev–Trinajstić information content (AvgIpc) is 2.30. The number of aromatic hydroxyl groups is 1. The van der Waals surface area contributed by atoms with Crippen LogP contribution in [-0.4, -0.2) is 37.3 Å². The van der Waals surface area contributed by atoms with E-state index in [1.807, 2.05) is 0 Å². The third-order valence-corrected chi connectivity index (χ3v) is 3.14. The van der Waals surface area contributed by atoms with Gasteiger partial charge in [-0.1, -0.05) is 6.07 Å². The van der Waals surface area contributed by atoms with Gasteiger partial charge >= 0.3 is 5.97 Å². The molecule has 1 rings (SSSR count). The van der Waals surface area contributed by atoms with E-state index in [4.69, 9.17) is 0 Å². The number of carbonyl (C=O) groups excluding carboxylic acids is 1. The first-order valence-electron chi connectivity index (χ1n) is 4.80. The summed E-state index contributed by atoms with van der Waals surface area (Å²) in [6.45, 7) is 0. The first-order chi connectivity index (χ1) is 8.76. The zero-order chi connectivity index (χ0) is 14.6. The van der Waals surface area contributed by atoms with Crippen LogP contribution in [0.15, 0.2) is 18.2 Å². The van der Waals surface area contributed by atoms with Crippen LogP contribution < -0.4 is 4.72 Å². The molecule has 104 valence electrons. The molecule has 0 atom stereocenters. The van der Waals surface area contributed by atoms with Crippen molar-refractivity contribution in [3.63, 3.8) is 0 Å². The van der Waals surface area contributed by atoms with Crippen LogP contribution in [0.2, 0.25) is 0 Å². The number of rotatable bonds is 5. The van der Waals surface area contributed by atoms with E-state index in [2.05, 4.69) is 4.74 Å². The second-order valence-corrected chi connectivity index (χ2v) is 5.09. The number of nitro groups is 1. The number of nitrogens with one attached hydrogen (secondary N) is 1. The molecule has 0 fully saturated rings. The van der Waals surface area contributed by atoms with Crippen molar-refractivity contribution in [2.45, 2.75) is 0 Å². The third kappa shape index (κ3) is 3.81. The molecule has 0 aliphatic carbocycles. The number of anilines is 1. The van der Waals surface area contributed by atoms with Crippen LogP contribution in [0.25, 0.3) is 0 Å². The molecular weight excluding hydrogens is 280 g/mol. The number of phenolic OH excluding ortho intramolecular Hbond substituents is 1. The van der Waals surface area contributed by atoms with Crippen molar-refractivity contribution in [2.24, 2.45) is 0 Å². The number of hydrogen-bond donors (Lipinski definition) is 2. The quantitative estimate of drug-likeness (QED) is 0.342. The fourth-order valence-corrected chi connectivity index (χ4v) is 2.21. The van der Waals surface area contributed by atoms with Gasteiger partial charge in [0.15, 0.2) is 11.4 Å². The second-order valence-electron chi connectivity index (χ2n) is 3.37. The Morgan fingerprint density at radius 2 is 2.16 bits per heavy atom. The highest BCUT2D eigenvalue weighted by molar-refractivity contribution is 7.93. The highest BCUT2D eigenvalue weighted by Gasteiger charge is 2.24. The molecule has 1 aromatic carbocycles. The minimum atomic E-state index is -4.21. The number of sulfonamides is 1. The molecule has 0 saturated carbocycles. The molecule has 19 heavy (non-hydrogen) atoms. The smallest absolute Gasteiger partial charge is 0.322 e. The molecule has 1 aromatic rings. The van der Waals surface area contributed by atoms with E-state index in [-0.39, 0.29) is 0 Å². The molecule has 10 heteroatoms. The maximum atomic E-state index is 11.6. The van der Waals surface area contributed by atoms with Gasteiger partial charge in [-0.25, -0.2) is 8.42 Å². The van der Waals surface area contributed by atoms with Crippen LogP contribution in [0, 0.1) is 10.1 Å². The van der Waals surface area contributed by atoms with Crippen LogP contribution in [0.4, 0.5) is 11.4 Å². The highest BCUT2D eigenvalue weighted by atomic mass is 32.2. The molecule has 0 aliphatic rings. The summed E-state index contributed by atoms with van der Waals surface area (Å²) in [5.41, 5.74) is -1.23. The number of ether oxygens (including phenoxy) is 1. The fourth-order valence-electron chi connectivity index (χ4n) is 1.19. The number of carbonyl (C=O) groups is 1. The lowest BCUT2D eigenvalue weighted by Crippen LogP contribution is -2.24. The summed E-state index contributed by atoms with van der Waals surface area (Å²) < 4.78 is 29.1. The number of phenols is 1. The van der Waals surface area contributed by atoms with Crippen molar-refractivity contribution in [1.82, 2.24) is 0 Å². The van der Waals surface area contributed by atoms with E-state index in [1.54, 1.807) is 4.72 Å². The number of nitrogens with zero attached hydrogens (tertiary/aromatic N) is 1. The van der Waals surface area contributed by atoms with Crippen LogP contribution in [-0.2, 0) is 19.6 Å². The first-order valence-corrected chi connectivity index (χ1v) is 6.45. The summed E-state index contributed by atoms with van der Waals surface area (Å²) in [6, 6.07) is 3.27. The Labute approximate surface area is 108 Å². The molecule has 0 amide bonds. The minimum Gasteiger partial charge on any atom is -0.505 e. The lowest BCUT2D eigenvalue weighted by Gasteiger charge is -2.08. The van der Waals surface area contributed by atoms with Gasteiger partial charge in [-0.3, -0.25) is 19.6 Å². The maximum absolute atomic E-state index is 11.6. The summed E-state index contributed by atoms with van der Waals surface area (Å²) in [5.74, 6) is -2.68. The molecule has 0 radical (unpaired) electrons. The monoisotopic (exact) mass is 290 g/mol. The van der Waals surface area contributed by atoms with E-state index in [9.17, 15) is 28.4 Å². The molecule has 0 spiro atoms.